The van der Waals surface area contributed by atoms with Crippen LogP contribution in [0.2, 0.25) is 0 Å². The molecule has 0 aromatic carbocycles. The first-order chi connectivity index (χ1) is 9.65. The Bertz CT molecular complexity index is 363. The first-order valence-corrected chi connectivity index (χ1v) is 8.19. The van der Waals surface area contributed by atoms with Crippen LogP contribution in [-0.4, -0.2) is 22.5 Å². The molecule has 0 heterocycles. The van der Waals surface area contributed by atoms with E-state index >= 15 is 0 Å². The fourth-order valence-corrected chi connectivity index (χ4v) is 3.48. The molecule has 1 saturated carbocycles. The highest BCUT2D eigenvalue weighted by Crippen LogP contribution is 2.29. The van der Waals surface area contributed by atoms with E-state index in [2.05, 4.69) is 33.0 Å². The Morgan fingerprint density at radius 3 is 2.10 bits per heavy atom. The SMILES string of the molecule is CC(CC(=O)NC1(C(=O)O)CCCCCC1)CC(C)(C)C. The van der Waals surface area contributed by atoms with E-state index in [1.165, 1.54) is 0 Å². The molecule has 1 rings (SSSR count). The van der Waals surface area contributed by atoms with Crippen LogP contribution in [0.3, 0.4) is 0 Å². The normalized spacial score (nSPS) is 20.4. The molecular formula is C17H31NO3. The first-order valence-electron chi connectivity index (χ1n) is 8.19. The van der Waals surface area contributed by atoms with Crippen LogP contribution in [0.4, 0.5) is 0 Å². The summed E-state index contributed by atoms with van der Waals surface area (Å²) in [5, 5.41) is 12.4. The van der Waals surface area contributed by atoms with Crippen molar-refractivity contribution in [2.24, 2.45) is 11.3 Å². The van der Waals surface area contributed by atoms with Gasteiger partial charge in [0.2, 0.25) is 5.91 Å². The summed E-state index contributed by atoms with van der Waals surface area (Å²) in [6, 6.07) is 0. The molecule has 122 valence electrons. The Balaban J connectivity index is 2.62. The Morgan fingerprint density at radius 2 is 1.67 bits per heavy atom. The Labute approximate surface area is 128 Å². The highest BCUT2D eigenvalue weighted by atomic mass is 16.4. The second kappa shape index (κ2) is 7.28. The predicted molar refractivity (Wildman–Crippen MR) is 84.1 cm³/mol. The molecule has 0 saturated heterocycles. The minimum absolute atomic E-state index is 0.115. The predicted octanol–water partition coefficient (Wildman–Crippen LogP) is 3.74. The maximum atomic E-state index is 12.3. The third kappa shape index (κ3) is 6.06. The highest BCUT2D eigenvalue weighted by molar-refractivity contribution is 5.87. The topological polar surface area (TPSA) is 66.4 Å². The highest BCUT2D eigenvalue weighted by Gasteiger charge is 2.40. The number of amides is 1. The molecule has 0 spiro atoms. The fraction of sp³-hybridized carbons (Fsp3) is 0.882. The van der Waals surface area contributed by atoms with Gasteiger partial charge < -0.3 is 10.4 Å². The van der Waals surface area contributed by atoms with E-state index in [0.29, 0.717) is 19.3 Å². The summed E-state index contributed by atoms with van der Waals surface area (Å²) < 4.78 is 0. The van der Waals surface area contributed by atoms with Crippen molar-refractivity contribution in [3.8, 4) is 0 Å². The van der Waals surface area contributed by atoms with Crippen LogP contribution in [-0.2, 0) is 9.59 Å². The molecule has 4 heteroatoms. The van der Waals surface area contributed by atoms with Crippen LogP contribution in [0.25, 0.3) is 0 Å². The molecule has 0 aromatic rings. The van der Waals surface area contributed by atoms with E-state index in [0.717, 1.165) is 32.1 Å². The van der Waals surface area contributed by atoms with Crippen molar-refractivity contribution in [1.82, 2.24) is 5.32 Å². The Morgan fingerprint density at radius 1 is 1.14 bits per heavy atom. The van der Waals surface area contributed by atoms with E-state index in [4.69, 9.17) is 0 Å². The van der Waals surface area contributed by atoms with Crippen molar-refractivity contribution in [2.75, 3.05) is 0 Å². The van der Waals surface area contributed by atoms with Gasteiger partial charge in [0.15, 0.2) is 0 Å². The lowest BCUT2D eigenvalue weighted by atomic mass is 9.83. The zero-order valence-electron chi connectivity index (χ0n) is 14.0. The number of carboxylic acid groups (broad SMARTS) is 1. The van der Waals surface area contributed by atoms with Gasteiger partial charge in [0.05, 0.1) is 0 Å². The van der Waals surface area contributed by atoms with Crippen LogP contribution < -0.4 is 5.32 Å². The van der Waals surface area contributed by atoms with Gasteiger partial charge in [-0.05, 0) is 30.6 Å². The van der Waals surface area contributed by atoms with Crippen LogP contribution >= 0.6 is 0 Å². The molecule has 1 fully saturated rings. The second-order valence-electron chi connectivity index (χ2n) is 7.92. The molecule has 0 aromatic heterocycles. The molecule has 1 atom stereocenters. The summed E-state index contributed by atoms with van der Waals surface area (Å²) in [4.78, 5) is 23.9. The number of carbonyl (C=O) groups excluding carboxylic acids is 1. The van der Waals surface area contributed by atoms with Crippen molar-refractivity contribution >= 4 is 11.9 Å². The van der Waals surface area contributed by atoms with Crippen LogP contribution in [0.5, 0.6) is 0 Å². The van der Waals surface area contributed by atoms with Crippen LogP contribution in [0.15, 0.2) is 0 Å². The van der Waals surface area contributed by atoms with Gasteiger partial charge in [0.25, 0.3) is 0 Å². The summed E-state index contributed by atoms with van der Waals surface area (Å²) in [6.07, 6.45) is 6.36. The maximum Gasteiger partial charge on any atom is 0.329 e. The number of aliphatic carboxylic acids is 1. The number of hydrogen-bond donors (Lipinski definition) is 2. The third-order valence-electron chi connectivity index (χ3n) is 4.24. The smallest absolute Gasteiger partial charge is 0.329 e. The molecule has 1 aliphatic carbocycles. The number of nitrogens with one attached hydrogen (secondary N) is 1. The molecule has 1 amide bonds. The minimum atomic E-state index is -1.03. The molecule has 0 radical (unpaired) electrons. The summed E-state index contributed by atoms with van der Waals surface area (Å²) in [7, 11) is 0. The minimum Gasteiger partial charge on any atom is -0.480 e. The molecular weight excluding hydrogens is 266 g/mol. The lowest BCUT2D eigenvalue weighted by Crippen LogP contribution is -2.54. The van der Waals surface area contributed by atoms with Crippen LogP contribution in [0.1, 0.15) is 79.1 Å². The molecule has 2 N–H and O–H groups in total. The quantitative estimate of drug-likeness (QED) is 0.760. The van der Waals surface area contributed by atoms with Crippen LogP contribution in [0, 0.1) is 11.3 Å². The van der Waals surface area contributed by atoms with Crippen molar-refractivity contribution in [3.05, 3.63) is 0 Å². The van der Waals surface area contributed by atoms with Gasteiger partial charge in [-0.3, -0.25) is 4.79 Å². The lowest BCUT2D eigenvalue weighted by Gasteiger charge is -2.30. The Hall–Kier alpha value is -1.06. The molecule has 4 nitrogen and oxygen atoms in total. The second-order valence-corrected chi connectivity index (χ2v) is 7.92. The molecule has 21 heavy (non-hydrogen) atoms. The van der Waals surface area contributed by atoms with E-state index in [1.807, 2.05) is 0 Å². The summed E-state index contributed by atoms with van der Waals surface area (Å²) in [6.45, 7) is 8.54. The van der Waals surface area contributed by atoms with Crippen molar-refractivity contribution < 1.29 is 14.7 Å². The standard InChI is InChI=1S/C17H31NO3/c1-13(12-16(2,3)4)11-14(19)18-17(15(20)21)9-7-5-6-8-10-17/h13H,5-12H2,1-4H3,(H,18,19)(H,20,21). The summed E-state index contributed by atoms with van der Waals surface area (Å²) in [5.74, 6) is -0.723. The number of rotatable bonds is 5. The maximum absolute atomic E-state index is 12.3. The summed E-state index contributed by atoms with van der Waals surface area (Å²) in [5.41, 5.74) is -0.846. The van der Waals surface area contributed by atoms with Gasteiger partial charge in [0.1, 0.15) is 5.54 Å². The average Bonchev–Trinajstić information content (AvgIpc) is 2.52. The van der Waals surface area contributed by atoms with Gasteiger partial charge in [-0.1, -0.05) is 53.4 Å². The van der Waals surface area contributed by atoms with E-state index < -0.39 is 11.5 Å². The van der Waals surface area contributed by atoms with E-state index in [-0.39, 0.29) is 17.2 Å². The molecule has 1 aliphatic rings. The Kier molecular flexibility index (Phi) is 6.24. The summed E-state index contributed by atoms with van der Waals surface area (Å²) >= 11 is 0. The van der Waals surface area contributed by atoms with E-state index in [9.17, 15) is 14.7 Å². The van der Waals surface area contributed by atoms with Crippen molar-refractivity contribution in [1.29, 1.82) is 0 Å². The van der Waals surface area contributed by atoms with Gasteiger partial charge in [-0.25, -0.2) is 4.79 Å². The first kappa shape index (κ1) is 18.0. The fourth-order valence-electron chi connectivity index (χ4n) is 3.48. The average molecular weight is 297 g/mol. The van der Waals surface area contributed by atoms with Crippen molar-refractivity contribution in [3.63, 3.8) is 0 Å². The molecule has 0 aliphatic heterocycles. The van der Waals surface area contributed by atoms with Gasteiger partial charge in [-0.2, -0.15) is 0 Å². The monoisotopic (exact) mass is 297 g/mol. The molecule has 1 unspecified atom stereocenters. The zero-order valence-corrected chi connectivity index (χ0v) is 14.0. The number of carbonyl (C=O) groups is 2. The van der Waals surface area contributed by atoms with Gasteiger partial charge in [0, 0.05) is 6.42 Å². The largest absolute Gasteiger partial charge is 0.480 e. The van der Waals surface area contributed by atoms with Gasteiger partial charge in [-0.15, -0.1) is 0 Å². The van der Waals surface area contributed by atoms with Gasteiger partial charge >= 0.3 is 5.97 Å². The van der Waals surface area contributed by atoms with Crippen molar-refractivity contribution in [2.45, 2.75) is 84.6 Å². The molecule has 0 bridgehead atoms. The zero-order chi connectivity index (χ0) is 16.1. The number of carboxylic acids is 1. The van der Waals surface area contributed by atoms with E-state index in [1.54, 1.807) is 0 Å². The third-order valence-corrected chi connectivity index (χ3v) is 4.24. The lowest BCUT2D eigenvalue weighted by molar-refractivity contribution is -0.148. The number of hydrogen-bond acceptors (Lipinski definition) is 2.